The predicted molar refractivity (Wildman–Crippen MR) is 64.9 cm³/mol. The van der Waals surface area contributed by atoms with E-state index in [4.69, 9.17) is 22.1 Å². The monoisotopic (exact) mass is 281 g/mol. The first-order valence-corrected chi connectivity index (χ1v) is 5.88. The molecular weight excluding hydrogens is 267 g/mol. The largest absolute Gasteiger partial charge is 0.478 e. The van der Waals surface area contributed by atoms with Gasteiger partial charge in [-0.1, -0.05) is 24.6 Å². The van der Waals surface area contributed by atoms with Crippen LogP contribution in [0.5, 0.6) is 5.75 Å². The van der Waals surface area contributed by atoms with Gasteiger partial charge < -0.3 is 10.5 Å². The number of halogens is 4. The Morgan fingerprint density at radius 2 is 2.00 bits per heavy atom. The van der Waals surface area contributed by atoms with Crippen LogP contribution in [0.15, 0.2) is 18.2 Å². The molecular formula is C12H15ClF3NO. The van der Waals surface area contributed by atoms with E-state index in [1.165, 1.54) is 6.07 Å². The van der Waals surface area contributed by atoms with E-state index in [-0.39, 0.29) is 17.2 Å². The van der Waals surface area contributed by atoms with Gasteiger partial charge in [0, 0.05) is 0 Å². The lowest BCUT2D eigenvalue weighted by Crippen LogP contribution is -2.48. The quantitative estimate of drug-likeness (QED) is 0.913. The Bertz CT molecular complexity index is 409. The van der Waals surface area contributed by atoms with E-state index >= 15 is 0 Å². The second kappa shape index (κ2) is 5.80. The van der Waals surface area contributed by atoms with Crippen LogP contribution >= 0.6 is 11.6 Å². The van der Waals surface area contributed by atoms with Crippen molar-refractivity contribution in [2.45, 2.75) is 38.6 Å². The third-order valence-electron chi connectivity index (χ3n) is 2.52. The van der Waals surface area contributed by atoms with Crippen molar-refractivity contribution >= 4 is 11.6 Å². The number of benzene rings is 1. The molecule has 1 aromatic rings. The molecule has 18 heavy (non-hydrogen) atoms. The maximum atomic E-state index is 12.8. The molecule has 2 nitrogen and oxygen atoms in total. The summed E-state index contributed by atoms with van der Waals surface area (Å²) in [5.74, 6) is -0.00603. The van der Waals surface area contributed by atoms with Crippen LogP contribution in [0.1, 0.15) is 18.9 Å². The number of hydrogen-bond acceptors (Lipinski definition) is 2. The van der Waals surface area contributed by atoms with E-state index < -0.39 is 18.3 Å². The molecule has 6 heteroatoms. The zero-order valence-electron chi connectivity index (χ0n) is 10.1. The number of rotatable bonds is 4. The number of aryl methyl sites for hydroxylation is 1. The fourth-order valence-electron chi connectivity index (χ4n) is 1.45. The Morgan fingerprint density at radius 1 is 1.39 bits per heavy atom. The topological polar surface area (TPSA) is 35.2 Å². The number of nitrogens with two attached hydrogens (primary N) is 1. The third kappa shape index (κ3) is 3.78. The summed E-state index contributed by atoms with van der Waals surface area (Å²) in [5, 5.41) is 0.146. The van der Waals surface area contributed by atoms with Gasteiger partial charge in [0.15, 0.2) is 0 Å². The Hall–Kier alpha value is -0.940. The minimum atomic E-state index is -4.52. The van der Waals surface area contributed by atoms with Gasteiger partial charge in [0.05, 0.1) is 11.1 Å². The maximum absolute atomic E-state index is 12.8. The van der Waals surface area contributed by atoms with Gasteiger partial charge >= 0.3 is 6.18 Å². The lowest BCUT2D eigenvalue weighted by molar-refractivity contribution is -0.200. The summed E-state index contributed by atoms with van der Waals surface area (Å²) in [4.78, 5) is 0. The Labute approximate surface area is 109 Å². The maximum Gasteiger partial charge on any atom is 0.426 e. The second-order valence-corrected chi connectivity index (χ2v) is 4.49. The number of alkyl halides is 3. The van der Waals surface area contributed by atoms with Crippen LogP contribution in [-0.4, -0.2) is 18.3 Å². The minimum Gasteiger partial charge on any atom is -0.478 e. The van der Waals surface area contributed by atoms with E-state index in [1.807, 2.05) is 0 Å². The summed E-state index contributed by atoms with van der Waals surface area (Å²) in [6, 6.07) is 3.47. The van der Waals surface area contributed by atoms with Gasteiger partial charge in [-0.3, -0.25) is 0 Å². The van der Waals surface area contributed by atoms with Crippen LogP contribution in [0.25, 0.3) is 0 Å². The molecule has 102 valence electrons. The van der Waals surface area contributed by atoms with Crippen molar-refractivity contribution in [1.29, 1.82) is 0 Å². The van der Waals surface area contributed by atoms with Crippen LogP contribution < -0.4 is 10.5 Å². The van der Waals surface area contributed by atoms with Gasteiger partial charge in [-0.15, -0.1) is 0 Å². The Morgan fingerprint density at radius 3 is 2.44 bits per heavy atom. The van der Waals surface area contributed by atoms with Gasteiger partial charge in [0.2, 0.25) is 6.10 Å². The highest BCUT2D eigenvalue weighted by molar-refractivity contribution is 6.32. The summed E-state index contributed by atoms with van der Waals surface area (Å²) in [6.07, 6.45) is -6.42. The van der Waals surface area contributed by atoms with Crippen molar-refractivity contribution in [2.75, 3.05) is 0 Å². The molecule has 0 aliphatic heterocycles. The molecule has 0 aliphatic rings. The average Bonchev–Trinajstić information content (AvgIpc) is 2.25. The van der Waals surface area contributed by atoms with Gasteiger partial charge in [0.1, 0.15) is 5.75 Å². The van der Waals surface area contributed by atoms with Crippen LogP contribution in [0.3, 0.4) is 0 Å². The lowest BCUT2D eigenvalue weighted by atomic mass is 10.1. The second-order valence-electron chi connectivity index (χ2n) is 4.09. The van der Waals surface area contributed by atoms with E-state index in [0.29, 0.717) is 0 Å². The van der Waals surface area contributed by atoms with Crippen molar-refractivity contribution in [3.05, 3.63) is 28.8 Å². The van der Waals surface area contributed by atoms with Crippen LogP contribution in [0.4, 0.5) is 13.2 Å². The molecule has 1 aromatic carbocycles. The molecule has 0 fully saturated rings. The SMILES string of the molecule is CCC(N)C(Oc1ccc(C)cc1Cl)C(F)(F)F. The van der Waals surface area contributed by atoms with Gasteiger partial charge in [-0.2, -0.15) is 13.2 Å². The molecule has 0 radical (unpaired) electrons. The molecule has 0 aromatic heterocycles. The fourth-order valence-corrected chi connectivity index (χ4v) is 1.73. The first kappa shape index (κ1) is 15.1. The molecule has 0 heterocycles. The molecule has 0 aliphatic carbocycles. The summed E-state index contributed by atoms with van der Waals surface area (Å²) < 4.78 is 43.4. The summed E-state index contributed by atoms with van der Waals surface area (Å²) in [7, 11) is 0. The average molecular weight is 282 g/mol. The Kier molecular flexibility index (Phi) is 4.87. The molecule has 0 saturated carbocycles. The van der Waals surface area contributed by atoms with Gasteiger partial charge in [0.25, 0.3) is 0 Å². The van der Waals surface area contributed by atoms with Crippen molar-refractivity contribution < 1.29 is 17.9 Å². The molecule has 0 spiro atoms. The number of hydrogen-bond donors (Lipinski definition) is 1. The van der Waals surface area contributed by atoms with Crippen LogP contribution in [0.2, 0.25) is 5.02 Å². The minimum absolute atomic E-state index is 0.00603. The van der Waals surface area contributed by atoms with Crippen molar-refractivity contribution in [2.24, 2.45) is 5.73 Å². The lowest BCUT2D eigenvalue weighted by Gasteiger charge is -2.26. The molecule has 0 bridgehead atoms. The Balaban J connectivity index is 2.96. The first-order chi connectivity index (χ1) is 8.25. The highest BCUT2D eigenvalue weighted by Gasteiger charge is 2.45. The predicted octanol–water partition coefficient (Wildman–Crippen LogP) is 3.70. The van der Waals surface area contributed by atoms with E-state index in [2.05, 4.69) is 0 Å². The van der Waals surface area contributed by atoms with E-state index in [9.17, 15) is 13.2 Å². The van der Waals surface area contributed by atoms with Gasteiger partial charge in [-0.25, -0.2) is 0 Å². The standard InChI is InChI=1S/C12H15ClF3NO/c1-3-9(17)11(12(14,15)16)18-10-5-4-7(2)6-8(10)13/h4-6,9,11H,3,17H2,1-2H3. The van der Waals surface area contributed by atoms with Crippen LogP contribution in [-0.2, 0) is 0 Å². The molecule has 1 rings (SSSR count). The summed E-state index contributed by atoms with van der Waals surface area (Å²) in [6.45, 7) is 3.36. The summed E-state index contributed by atoms with van der Waals surface area (Å²) >= 11 is 5.84. The van der Waals surface area contributed by atoms with Crippen molar-refractivity contribution in [3.63, 3.8) is 0 Å². The molecule has 0 amide bonds. The van der Waals surface area contributed by atoms with E-state index in [0.717, 1.165) is 5.56 Å². The molecule has 2 unspecified atom stereocenters. The van der Waals surface area contributed by atoms with Crippen molar-refractivity contribution in [3.8, 4) is 5.75 Å². The zero-order valence-corrected chi connectivity index (χ0v) is 10.8. The fraction of sp³-hybridized carbons (Fsp3) is 0.500. The molecule has 2 atom stereocenters. The smallest absolute Gasteiger partial charge is 0.426 e. The van der Waals surface area contributed by atoms with Gasteiger partial charge in [-0.05, 0) is 31.0 Å². The van der Waals surface area contributed by atoms with Crippen LogP contribution in [0, 0.1) is 6.92 Å². The van der Waals surface area contributed by atoms with Crippen molar-refractivity contribution in [1.82, 2.24) is 0 Å². The normalized spacial score (nSPS) is 15.3. The summed E-state index contributed by atoms with van der Waals surface area (Å²) in [5.41, 5.74) is 6.29. The zero-order chi connectivity index (χ0) is 13.9. The first-order valence-electron chi connectivity index (χ1n) is 5.50. The highest BCUT2D eigenvalue weighted by Crippen LogP contribution is 2.32. The van der Waals surface area contributed by atoms with E-state index in [1.54, 1.807) is 26.0 Å². The number of ether oxygens (including phenoxy) is 1. The molecule has 2 N–H and O–H groups in total. The third-order valence-corrected chi connectivity index (χ3v) is 2.82. The highest BCUT2D eigenvalue weighted by atomic mass is 35.5. The molecule has 0 saturated heterocycles.